The maximum atomic E-state index is 12.9. The second kappa shape index (κ2) is 7.35. The topological polar surface area (TPSA) is 64.4 Å². The molecule has 132 valence electrons. The summed E-state index contributed by atoms with van der Waals surface area (Å²) < 4.78 is 35.0. The number of thiophene rings is 1. The van der Waals surface area contributed by atoms with E-state index in [0.29, 0.717) is 23.9 Å². The van der Waals surface area contributed by atoms with Crippen LogP contribution in [0.4, 0.5) is 0 Å². The largest absolute Gasteiger partial charge is 0.383 e. The lowest BCUT2D eigenvalue weighted by Gasteiger charge is -2.31. The number of ether oxygens (including phenoxy) is 1. The van der Waals surface area contributed by atoms with Gasteiger partial charge in [-0.3, -0.25) is 0 Å². The van der Waals surface area contributed by atoms with Crippen LogP contribution in [0.2, 0.25) is 0 Å². The third kappa shape index (κ3) is 3.56. The molecule has 0 bridgehead atoms. The first-order valence-corrected chi connectivity index (χ1v) is 10.4. The molecule has 2 aromatic rings. The zero-order chi connectivity index (χ0) is 17.2. The molecule has 2 aromatic heterocycles. The average molecular weight is 370 g/mol. The standard InChI is InChI=1S/C16H23N3O3S2/c1-13-10-15(23-12-13)24(20,21)19-6-3-4-14(11-19)16-17-5-7-18(16)8-9-22-2/h5,7,10,12,14H,3-4,6,8-9,11H2,1-2H3/t14-/m1/s1. The molecular formula is C16H23N3O3S2. The predicted octanol–water partition coefficient (Wildman–Crippen LogP) is 2.47. The molecule has 1 atom stereocenters. The highest BCUT2D eigenvalue weighted by molar-refractivity contribution is 7.91. The molecular weight excluding hydrogens is 346 g/mol. The van der Waals surface area contributed by atoms with Crippen molar-refractivity contribution in [2.24, 2.45) is 0 Å². The van der Waals surface area contributed by atoms with Gasteiger partial charge in [0.25, 0.3) is 10.0 Å². The number of imidazole rings is 1. The van der Waals surface area contributed by atoms with E-state index in [1.54, 1.807) is 23.7 Å². The minimum Gasteiger partial charge on any atom is -0.383 e. The van der Waals surface area contributed by atoms with Crippen LogP contribution < -0.4 is 0 Å². The summed E-state index contributed by atoms with van der Waals surface area (Å²) in [6, 6.07) is 1.75. The molecule has 0 amide bonds. The maximum absolute atomic E-state index is 12.9. The van der Waals surface area contributed by atoms with E-state index in [4.69, 9.17) is 4.74 Å². The smallest absolute Gasteiger partial charge is 0.252 e. The summed E-state index contributed by atoms with van der Waals surface area (Å²) in [5.74, 6) is 1.08. The van der Waals surface area contributed by atoms with Gasteiger partial charge in [0.2, 0.25) is 0 Å². The van der Waals surface area contributed by atoms with Crippen molar-refractivity contribution in [3.8, 4) is 0 Å². The summed E-state index contributed by atoms with van der Waals surface area (Å²) in [4.78, 5) is 4.47. The summed E-state index contributed by atoms with van der Waals surface area (Å²) in [5.41, 5.74) is 0.988. The highest BCUT2D eigenvalue weighted by Crippen LogP contribution is 2.31. The number of methoxy groups -OCH3 is 1. The third-order valence-corrected chi connectivity index (χ3v) is 7.73. The zero-order valence-corrected chi connectivity index (χ0v) is 15.6. The lowest BCUT2D eigenvalue weighted by atomic mass is 9.99. The number of hydrogen-bond acceptors (Lipinski definition) is 5. The van der Waals surface area contributed by atoms with Crippen molar-refractivity contribution in [1.82, 2.24) is 13.9 Å². The zero-order valence-electron chi connectivity index (χ0n) is 14.0. The van der Waals surface area contributed by atoms with Crippen LogP contribution in [0.25, 0.3) is 0 Å². The number of piperidine rings is 1. The number of aromatic nitrogens is 2. The summed E-state index contributed by atoms with van der Waals surface area (Å²) in [5, 5.41) is 1.88. The summed E-state index contributed by atoms with van der Waals surface area (Å²) in [7, 11) is -1.73. The molecule has 8 heteroatoms. The van der Waals surface area contributed by atoms with Crippen LogP contribution in [-0.2, 0) is 21.3 Å². The van der Waals surface area contributed by atoms with Gasteiger partial charge in [0.1, 0.15) is 10.0 Å². The molecule has 0 spiro atoms. The van der Waals surface area contributed by atoms with Crippen LogP contribution in [0.15, 0.2) is 28.0 Å². The fourth-order valence-corrected chi connectivity index (χ4v) is 6.00. The number of aryl methyl sites for hydroxylation is 1. The van der Waals surface area contributed by atoms with Crippen molar-refractivity contribution >= 4 is 21.4 Å². The molecule has 0 aliphatic carbocycles. The predicted molar refractivity (Wildman–Crippen MR) is 93.9 cm³/mol. The van der Waals surface area contributed by atoms with Crippen LogP contribution in [0, 0.1) is 6.92 Å². The molecule has 1 saturated heterocycles. The van der Waals surface area contributed by atoms with Gasteiger partial charge in [-0.2, -0.15) is 4.31 Å². The molecule has 0 unspecified atom stereocenters. The Labute approximate surface area is 147 Å². The van der Waals surface area contributed by atoms with Crippen molar-refractivity contribution in [3.05, 3.63) is 35.2 Å². The van der Waals surface area contributed by atoms with Gasteiger partial charge in [-0.1, -0.05) is 0 Å². The first kappa shape index (κ1) is 17.6. The molecule has 1 aliphatic rings. The number of nitrogens with zero attached hydrogens (tertiary/aromatic N) is 3. The van der Waals surface area contributed by atoms with Gasteiger partial charge in [0.05, 0.1) is 6.61 Å². The minimum absolute atomic E-state index is 0.126. The molecule has 1 fully saturated rings. The van der Waals surface area contributed by atoms with E-state index in [-0.39, 0.29) is 5.92 Å². The van der Waals surface area contributed by atoms with E-state index in [1.807, 2.05) is 18.5 Å². The van der Waals surface area contributed by atoms with Gasteiger partial charge in [0, 0.05) is 45.1 Å². The fraction of sp³-hybridized carbons (Fsp3) is 0.562. The highest BCUT2D eigenvalue weighted by Gasteiger charge is 2.33. The average Bonchev–Trinajstić information content (AvgIpc) is 3.22. The van der Waals surface area contributed by atoms with Crippen molar-refractivity contribution in [2.45, 2.75) is 36.4 Å². The van der Waals surface area contributed by atoms with Crippen molar-refractivity contribution < 1.29 is 13.2 Å². The lowest BCUT2D eigenvalue weighted by Crippen LogP contribution is -2.39. The Morgan fingerprint density at radius 3 is 3.00 bits per heavy atom. The van der Waals surface area contributed by atoms with Crippen molar-refractivity contribution in [2.75, 3.05) is 26.8 Å². The molecule has 6 nitrogen and oxygen atoms in total. The number of rotatable bonds is 6. The molecule has 0 aromatic carbocycles. The van der Waals surface area contributed by atoms with Crippen LogP contribution in [-0.4, -0.2) is 49.1 Å². The second-order valence-electron chi connectivity index (χ2n) is 6.12. The first-order valence-electron chi connectivity index (χ1n) is 8.07. The Balaban J connectivity index is 1.79. The van der Waals surface area contributed by atoms with E-state index in [0.717, 1.165) is 30.8 Å². The van der Waals surface area contributed by atoms with Crippen LogP contribution in [0.3, 0.4) is 0 Å². The molecule has 0 N–H and O–H groups in total. The summed E-state index contributed by atoms with van der Waals surface area (Å²) in [6.45, 7) is 4.34. The Bertz CT molecular complexity index is 782. The Morgan fingerprint density at radius 1 is 1.46 bits per heavy atom. The number of sulfonamides is 1. The maximum Gasteiger partial charge on any atom is 0.252 e. The molecule has 1 aliphatic heterocycles. The SMILES string of the molecule is COCCn1ccnc1[C@@H]1CCCN(S(=O)(=O)c2cc(C)cs2)C1. The molecule has 0 radical (unpaired) electrons. The van der Waals surface area contributed by atoms with E-state index < -0.39 is 10.0 Å². The van der Waals surface area contributed by atoms with Gasteiger partial charge in [0.15, 0.2) is 0 Å². The van der Waals surface area contributed by atoms with Gasteiger partial charge < -0.3 is 9.30 Å². The van der Waals surface area contributed by atoms with Crippen LogP contribution in [0.1, 0.15) is 30.1 Å². The Kier molecular flexibility index (Phi) is 5.39. The van der Waals surface area contributed by atoms with Gasteiger partial charge in [-0.15, -0.1) is 11.3 Å². The van der Waals surface area contributed by atoms with E-state index >= 15 is 0 Å². The normalized spacial score (nSPS) is 19.7. The van der Waals surface area contributed by atoms with Crippen LogP contribution in [0.5, 0.6) is 0 Å². The highest BCUT2D eigenvalue weighted by atomic mass is 32.2. The summed E-state index contributed by atoms with van der Waals surface area (Å²) >= 11 is 1.30. The van der Waals surface area contributed by atoms with Gasteiger partial charge in [-0.05, 0) is 36.8 Å². The monoisotopic (exact) mass is 369 g/mol. The lowest BCUT2D eigenvalue weighted by molar-refractivity contribution is 0.184. The van der Waals surface area contributed by atoms with Crippen molar-refractivity contribution in [3.63, 3.8) is 0 Å². The molecule has 24 heavy (non-hydrogen) atoms. The van der Waals surface area contributed by atoms with Gasteiger partial charge >= 0.3 is 0 Å². The van der Waals surface area contributed by atoms with E-state index in [9.17, 15) is 8.42 Å². The van der Waals surface area contributed by atoms with E-state index in [2.05, 4.69) is 9.55 Å². The van der Waals surface area contributed by atoms with Crippen molar-refractivity contribution in [1.29, 1.82) is 0 Å². The Morgan fingerprint density at radius 2 is 2.29 bits per heavy atom. The quantitative estimate of drug-likeness (QED) is 0.785. The minimum atomic E-state index is -3.40. The molecule has 3 heterocycles. The molecule has 3 rings (SSSR count). The van der Waals surface area contributed by atoms with E-state index in [1.165, 1.54) is 11.3 Å². The first-order chi connectivity index (χ1) is 11.5. The second-order valence-corrected chi connectivity index (χ2v) is 9.19. The van der Waals surface area contributed by atoms with Crippen LogP contribution >= 0.6 is 11.3 Å². The van der Waals surface area contributed by atoms with Gasteiger partial charge in [-0.25, -0.2) is 13.4 Å². The number of hydrogen-bond donors (Lipinski definition) is 0. The Hall–Kier alpha value is -1.22. The summed E-state index contributed by atoms with van der Waals surface area (Å²) in [6.07, 6.45) is 5.52. The molecule has 0 saturated carbocycles. The fourth-order valence-electron chi connectivity index (χ4n) is 3.10. The third-order valence-electron chi connectivity index (χ3n) is 4.33.